The number of amides is 2. The van der Waals surface area contributed by atoms with Crippen LogP contribution in [0, 0.1) is 23.5 Å². The van der Waals surface area contributed by atoms with E-state index in [1.165, 1.54) is 35.0 Å². The number of nitrogens with zero attached hydrogens (tertiary/aromatic N) is 2. The molecule has 2 aliphatic rings. The Morgan fingerprint density at radius 3 is 2.56 bits per heavy atom. The number of piperidine rings is 1. The maximum Gasteiger partial charge on any atom is 0.308 e. The molecular weight excluding hydrogens is 358 g/mol. The molecule has 6 nitrogen and oxygen atoms in total. The van der Waals surface area contributed by atoms with Crippen molar-refractivity contribution in [3.63, 3.8) is 0 Å². The number of carbonyl (C=O) groups is 3. The van der Waals surface area contributed by atoms with Gasteiger partial charge >= 0.3 is 5.97 Å². The Kier molecular flexibility index (Phi) is 5.43. The van der Waals surface area contributed by atoms with Gasteiger partial charge in [-0.25, -0.2) is 8.78 Å². The second kappa shape index (κ2) is 7.62. The van der Waals surface area contributed by atoms with Gasteiger partial charge in [-0.3, -0.25) is 14.4 Å². The fourth-order valence-electron chi connectivity index (χ4n) is 3.72. The summed E-state index contributed by atoms with van der Waals surface area (Å²) in [6.07, 6.45) is 1.49. The van der Waals surface area contributed by atoms with Crippen molar-refractivity contribution in [2.45, 2.75) is 25.2 Å². The molecule has 1 saturated heterocycles. The molecule has 1 aliphatic heterocycles. The zero-order valence-corrected chi connectivity index (χ0v) is 15.0. The number of likely N-dealkylation sites (tertiary alicyclic amines) is 1. The summed E-state index contributed by atoms with van der Waals surface area (Å²) in [6.45, 7) is 0.438. The van der Waals surface area contributed by atoms with E-state index in [1.54, 1.807) is 0 Å². The zero-order valence-electron chi connectivity index (χ0n) is 15.0. The summed E-state index contributed by atoms with van der Waals surface area (Å²) in [4.78, 5) is 38.8. The summed E-state index contributed by atoms with van der Waals surface area (Å²) in [7, 11) is 1.48. The first-order valence-corrected chi connectivity index (χ1v) is 8.99. The lowest BCUT2D eigenvalue weighted by Crippen LogP contribution is -2.47. The highest BCUT2D eigenvalue weighted by Gasteiger charge is 2.48. The average Bonchev–Trinajstić information content (AvgIpc) is 3.41. The number of benzene rings is 1. The number of hydrogen-bond donors (Lipinski definition) is 1. The molecule has 1 saturated carbocycles. The van der Waals surface area contributed by atoms with Gasteiger partial charge in [0.15, 0.2) is 0 Å². The number of carbonyl (C=O) groups excluding carboxylic acids is 2. The summed E-state index contributed by atoms with van der Waals surface area (Å²) >= 11 is 0. The molecule has 1 aliphatic carbocycles. The number of hydrogen-bond acceptors (Lipinski definition) is 3. The number of rotatable bonds is 5. The molecule has 1 heterocycles. The van der Waals surface area contributed by atoms with Crippen molar-refractivity contribution in [2.24, 2.45) is 11.8 Å². The predicted octanol–water partition coefficient (Wildman–Crippen LogP) is 1.85. The first kappa shape index (κ1) is 19.3. The van der Waals surface area contributed by atoms with Gasteiger partial charge in [0.25, 0.3) is 0 Å². The van der Waals surface area contributed by atoms with Gasteiger partial charge in [0.1, 0.15) is 11.6 Å². The quantitative estimate of drug-likeness (QED) is 0.846. The maximum absolute atomic E-state index is 13.9. The normalized spacial score (nSPS) is 24.4. The van der Waals surface area contributed by atoms with Crippen LogP contribution in [-0.4, -0.2) is 59.4 Å². The van der Waals surface area contributed by atoms with Gasteiger partial charge in [-0.2, -0.15) is 0 Å². The molecule has 8 heteroatoms. The van der Waals surface area contributed by atoms with Crippen LogP contribution in [0.4, 0.5) is 8.78 Å². The van der Waals surface area contributed by atoms with E-state index >= 15 is 0 Å². The number of likely N-dealkylation sites (N-methyl/N-ethyl adjacent to an activating group) is 1. The number of carboxylic acid groups (broad SMARTS) is 1. The number of halogens is 2. The fraction of sp³-hybridized carbons (Fsp3) is 0.526. The van der Waals surface area contributed by atoms with Gasteiger partial charge < -0.3 is 14.9 Å². The molecule has 146 valence electrons. The summed E-state index contributed by atoms with van der Waals surface area (Å²) in [5.41, 5.74) is -0.0732. The molecule has 1 aromatic rings. The Morgan fingerprint density at radius 2 is 1.93 bits per heavy atom. The largest absolute Gasteiger partial charge is 0.481 e. The van der Waals surface area contributed by atoms with Gasteiger partial charge in [-0.05, 0) is 31.4 Å². The Bertz CT molecular complexity index is 750. The zero-order chi connectivity index (χ0) is 19.7. The van der Waals surface area contributed by atoms with E-state index in [0.717, 1.165) is 0 Å². The SMILES string of the molecule is CN(CC(=O)N1CCCC(C(=O)O)C1)C(=O)C1CC1c1c(F)cccc1F. The third-order valence-electron chi connectivity index (χ3n) is 5.35. The van der Waals surface area contributed by atoms with E-state index < -0.39 is 35.4 Å². The lowest BCUT2D eigenvalue weighted by atomic mass is 9.98. The fourth-order valence-corrected chi connectivity index (χ4v) is 3.72. The van der Waals surface area contributed by atoms with E-state index in [9.17, 15) is 23.2 Å². The van der Waals surface area contributed by atoms with Crippen molar-refractivity contribution in [2.75, 3.05) is 26.7 Å². The number of carboxylic acids is 1. The van der Waals surface area contributed by atoms with Gasteiger partial charge in [-0.1, -0.05) is 6.07 Å². The first-order chi connectivity index (χ1) is 12.8. The van der Waals surface area contributed by atoms with Crippen LogP contribution in [0.25, 0.3) is 0 Å². The molecule has 3 atom stereocenters. The minimum absolute atomic E-state index is 0.0732. The second-order valence-electron chi connectivity index (χ2n) is 7.30. The first-order valence-electron chi connectivity index (χ1n) is 8.99. The van der Waals surface area contributed by atoms with Crippen LogP contribution in [0.15, 0.2) is 18.2 Å². The van der Waals surface area contributed by atoms with E-state index in [1.807, 2.05) is 0 Å². The average molecular weight is 380 g/mol. The van der Waals surface area contributed by atoms with Crippen LogP contribution >= 0.6 is 0 Å². The van der Waals surface area contributed by atoms with Crippen LogP contribution in [0.2, 0.25) is 0 Å². The molecule has 3 unspecified atom stereocenters. The van der Waals surface area contributed by atoms with E-state index in [4.69, 9.17) is 5.11 Å². The highest BCUT2D eigenvalue weighted by atomic mass is 19.1. The molecule has 2 amide bonds. The van der Waals surface area contributed by atoms with Crippen molar-refractivity contribution in [3.8, 4) is 0 Å². The van der Waals surface area contributed by atoms with Crippen molar-refractivity contribution in [1.29, 1.82) is 0 Å². The minimum Gasteiger partial charge on any atom is -0.481 e. The van der Waals surface area contributed by atoms with Crippen molar-refractivity contribution >= 4 is 17.8 Å². The lowest BCUT2D eigenvalue weighted by molar-refractivity contribution is -0.147. The van der Waals surface area contributed by atoms with Gasteiger partial charge in [0.2, 0.25) is 11.8 Å². The lowest BCUT2D eigenvalue weighted by Gasteiger charge is -2.32. The molecule has 1 aromatic carbocycles. The van der Waals surface area contributed by atoms with Crippen LogP contribution in [-0.2, 0) is 14.4 Å². The topological polar surface area (TPSA) is 77.9 Å². The summed E-state index contributed by atoms with van der Waals surface area (Å²) in [5.74, 6) is -4.53. The molecular formula is C19H22F2N2O4. The summed E-state index contributed by atoms with van der Waals surface area (Å²) in [6, 6.07) is 3.61. The van der Waals surface area contributed by atoms with Crippen LogP contribution in [0.3, 0.4) is 0 Å². The number of aliphatic carboxylic acids is 1. The van der Waals surface area contributed by atoms with Crippen molar-refractivity contribution in [1.82, 2.24) is 9.80 Å². The smallest absolute Gasteiger partial charge is 0.308 e. The van der Waals surface area contributed by atoms with Gasteiger partial charge in [-0.15, -0.1) is 0 Å². The highest BCUT2D eigenvalue weighted by molar-refractivity contribution is 5.88. The Hall–Kier alpha value is -2.51. The minimum atomic E-state index is -0.926. The molecule has 0 bridgehead atoms. The standard InChI is InChI=1S/C19H22F2N2O4/c1-22(10-16(24)23-7-3-4-11(9-23)19(26)27)18(25)13-8-12(13)17-14(20)5-2-6-15(17)21/h2,5-6,11-13H,3-4,7-10H2,1H3,(H,26,27). The molecule has 0 aromatic heterocycles. The van der Waals surface area contributed by atoms with E-state index in [-0.39, 0.29) is 30.5 Å². The Balaban J connectivity index is 1.57. The molecule has 0 radical (unpaired) electrons. The summed E-state index contributed by atoms with van der Waals surface area (Å²) < 4.78 is 27.7. The maximum atomic E-state index is 13.9. The van der Waals surface area contributed by atoms with E-state index in [2.05, 4.69) is 0 Å². The van der Waals surface area contributed by atoms with Gasteiger partial charge in [0, 0.05) is 37.5 Å². The Morgan fingerprint density at radius 1 is 1.26 bits per heavy atom. The van der Waals surface area contributed by atoms with Crippen LogP contribution < -0.4 is 0 Å². The molecule has 1 N–H and O–H groups in total. The monoisotopic (exact) mass is 380 g/mol. The third kappa shape index (κ3) is 4.09. The molecule has 2 fully saturated rings. The third-order valence-corrected chi connectivity index (χ3v) is 5.35. The molecule has 3 rings (SSSR count). The highest BCUT2D eigenvalue weighted by Crippen LogP contribution is 2.49. The second-order valence-corrected chi connectivity index (χ2v) is 7.30. The van der Waals surface area contributed by atoms with Crippen LogP contribution in [0.5, 0.6) is 0 Å². The predicted molar refractivity (Wildman–Crippen MR) is 91.8 cm³/mol. The molecule has 0 spiro atoms. The van der Waals surface area contributed by atoms with Crippen molar-refractivity contribution < 1.29 is 28.3 Å². The van der Waals surface area contributed by atoms with E-state index in [0.29, 0.717) is 25.8 Å². The summed E-state index contributed by atoms with van der Waals surface area (Å²) in [5, 5.41) is 9.11. The van der Waals surface area contributed by atoms with Crippen molar-refractivity contribution in [3.05, 3.63) is 35.4 Å². The van der Waals surface area contributed by atoms with Gasteiger partial charge in [0.05, 0.1) is 12.5 Å². The Labute approximate surface area is 155 Å². The molecule has 27 heavy (non-hydrogen) atoms. The van der Waals surface area contributed by atoms with Crippen LogP contribution in [0.1, 0.15) is 30.7 Å².